The molecule has 1 aromatic carbocycles. The van der Waals surface area contributed by atoms with Crippen LogP contribution in [0.1, 0.15) is 29.3 Å². The van der Waals surface area contributed by atoms with E-state index in [4.69, 9.17) is 22.1 Å². The van der Waals surface area contributed by atoms with Gasteiger partial charge in [0.1, 0.15) is 0 Å². The molecule has 3 aromatic rings. The summed E-state index contributed by atoms with van der Waals surface area (Å²) in [5.74, 6) is 0.917. The number of benzene rings is 1. The fourth-order valence-electron chi connectivity index (χ4n) is 4.42. The first-order valence-electron chi connectivity index (χ1n) is 10.6. The number of hydrogen-bond acceptors (Lipinski definition) is 6. The van der Waals surface area contributed by atoms with E-state index in [-0.39, 0.29) is 0 Å². The number of thiophene rings is 1. The van der Waals surface area contributed by atoms with E-state index in [1.165, 1.54) is 23.3 Å². The zero-order valence-corrected chi connectivity index (χ0v) is 18.9. The summed E-state index contributed by atoms with van der Waals surface area (Å²) in [6.45, 7) is 7.02. The third kappa shape index (κ3) is 3.85. The van der Waals surface area contributed by atoms with Gasteiger partial charge in [-0.05, 0) is 61.1 Å². The predicted molar refractivity (Wildman–Crippen MR) is 123 cm³/mol. The van der Waals surface area contributed by atoms with E-state index in [9.17, 15) is 0 Å². The third-order valence-electron chi connectivity index (χ3n) is 5.93. The number of hydrogen-bond donors (Lipinski definition) is 0. The fourth-order valence-corrected chi connectivity index (χ4v) is 5.60. The van der Waals surface area contributed by atoms with Gasteiger partial charge in [-0.15, -0.1) is 16.4 Å². The molecule has 0 spiro atoms. The van der Waals surface area contributed by atoms with Crippen LogP contribution in [0.4, 0.5) is 5.95 Å². The minimum absolute atomic E-state index is 0.461. The molecule has 6 nitrogen and oxygen atoms in total. The first kappa shape index (κ1) is 19.9. The van der Waals surface area contributed by atoms with Gasteiger partial charge in [0.25, 0.3) is 0 Å². The Morgan fingerprint density at radius 3 is 2.80 bits per heavy atom. The first-order valence-corrected chi connectivity index (χ1v) is 11.9. The average molecular weight is 442 g/mol. The van der Waals surface area contributed by atoms with Crippen LogP contribution < -0.4 is 4.90 Å². The molecule has 0 aliphatic carbocycles. The van der Waals surface area contributed by atoms with Crippen molar-refractivity contribution in [3.05, 3.63) is 57.0 Å². The summed E-state index contributed by atoms with van der Waals surface area (Å²) in [4.78, 5) is 6.24. The molecule has 0 N–H and O–H groups in total. The normalized spacial score (nSPS) is 20.2. The zero-order valence-electron chi connectivity index (χ0n) is 17.2. The lowest BCUT2D eigenvalue weighted by molar-refractivity contribution is 0.121. The molecule has 0 saturated carbocycles. The SMILES string of the molecule is Cc1cccc(-n2c(N3CCOCC3)nn(CN3CCC[C@@H]3c3cccs3)c2=S)c1. The molecule has 30 heavy (non-hydrogen) atoms. The molecule has 2 saturated heterocycles. The Balaban J connectivity index is 1.52. The number of likely N-dealkylation sites (tertiary alicyclic amines) is 1. The molecule has 5 rings (SSSR count). The van der Waals surface area contributed by atoms with Crippen LogP contribution in [0.25, 0.3) is 5.69 Å². The molecule has 4 heterocycles. The van der Waals surface area contributed by atoms with Gasteiger partial charge < -0.3 is 9.64 Å². The van der Waals surface area contributed by atoms with Gasteiger partial charge in [0.05, 0.1) is 25.6 Å². The summed E-state index contributed by atoms with van der Waals surface area (Å²) in [6.07, 6.45) is 2.41. The van der Waals surface area contributed by atoms with Crippen LogP contribution in [0, 0.1) is 11.7 Å². The van der Waals surface area contributed by atoms with Crippen molar-refractivity contribution in [2.24, 2.45) is 0 Å². The highest BCUT2D eigenvalue weighted by molar-refractivity contribution is 7.71. The van der Waals surface area contributed by atoms with E-state index >= 15 is 0 Å². The van der Waals surface area contributed by atoms with Crippen LogP contribution in [-0.2, 0) is 11.4 Å². The first-order chi connectivity index (χ1) is 14.7. The second-order valence-corrected chi connectivity index (χ2v) is 9.33. The summed E-state index contributed by atoms with van der Waals surface area (Å²) >= 11 is 7.81. The highest BCUT2D eigenvalue weighted by Gasteiger charge is 2.28. The van der Waals surface area contributed by atoms with Crippen LogP contribution >= 0.6 is 23.6 Å². The Kier molecular flexibility index (Phi) is 5.73. The molecule has 0 bridgehead atoms. The topological polar surface area (TPSA) is 38.5 Å². The quantitative estimate of drug-likeness (QED) is 0.549. The van der Waals surface area contributed by atoms with Crippen molar-refractivity contribution < 1.29 is 4.74 Å². The number of aromatic nitrogens is 3. The number of rotatable bonds is 5. The van der Waals surface area contributed by atoms with Crippen molar-refractivity contribution in [3.63, 3.8) is 0 Å². The number of nitrogens with zero attached hydrogens (tertiary/aromatic N) is 5. The molecule has 1 atom stereocenters. The summed E-state index contributed by atoms with van der Waals surface area (Å²) in [7, 11) is 0. The molecular formula is C22H27N5OS2. The van der Waals surface area contributed by atoms with Crippen molar-refractivity contribution in [1.82, 2.24) is 19.2 Å². The van der Waals surface area contributed by atoms with E-state index in [1.807, 2.05) is 16.0 Å². The van der Waals surface area contributed by atoms with Gasteiger partial charge in [0.2, 0.25) is 10.7 Å². The highest BCUT2D eigenvalue weighted by atomic mass is 32.1. The van der Waals surface area contributed by atoms with Crippen LogP contribution in [0.15, 0.2) is 41.8 Å². The lowest BCUT2D eigenvalue weighted by Gasteiger charge is -2.27. The maximum atomic E-state index is 5.96. The molecule has 158 valence electrons. The monoisotopic (exact) mass is 441 g/mol. The summed E-state index contributed by atoms with van der Waals surface area (Å²) < 4.78 is 10.5. The maximum absolute atomic E-state index is 5.96. The molecule has 0 unspecified atom stereocenters. The van der Waals surface area contributed by atoms with Crippen molar-refractivity contribution >= 4 is 29.5 Å². The van der Waals surface area contributed by atoms with E-state index in [0.29, 0.717) is 6.04 Å². The molecule has 2 aliphatic heterocycles. The summed E-state index contributed by atoms with van der Waals surface area (Å²) in [6, 6.07) is 13.3. The Morgan fingerprint density at radius 2 is 2.03 bits per heavy atom. The maximum Gasteiger partial charge on any atom is 0.230 e. The number of aryl methyl sites for hydroxylation is 1. The zero-order chi connectivity index (χ0) is 20.5. The van der Waals surface area contributed by atoms with E-state index in [0.717, 1.165) is 55.9 Å². The van der Waals surface area contributed by atoms with E-state index in [2.05, 4.69) is 63.1 Å². The van der Waals surface area contributed by atoms with Gasteiger partial charge in [0, 0.05) is 30.6 Å². The molecular weight excluding hydrogens is 414 g/mol. The van der Waals surface area contributed by atoms with Crippen molar-refractivity contribution in [3.8, 4) is 5.69 Å². The van der Waals surface area contributed by atoms with Gasteiger partial charge in [-0.2, -0.15) is 0 Å². The van der Waals surface area contributed by atoms with Gasteiger partial charge in [-0.25, -0.2) is 4.68 Å². The number of morpholine rings is 1. The van der Waals surface area contributed by atoms with Crippen LogP contribution in [0.5, 0.6) is 0 Å². The largest absolute Gasteiger partial charge is 0.378 e. The lowest BCUT2D eigenvalue weighted by atomic mass is 10.2. The molecule has 2 fully saturated rings. The number of ether oxygens (including phenoxy) is 1. The summed E-state index contributed by atoms with van der Waals surface area (Å²) in [5.41, 5.74) is 2.29. The van der Waals surface area contributed by atoms with Gasteiger partial charge in [-0.1, -0.05) is 18.2 Å². The van der Waals surface area contributed by atoms with Crippen LogP contribution in [0.2, 0.25) is 0 Å². The Bertz CT molecular complexity index is 1050. The molecule has 0 radical (unpaired) electrons. The van der Waals surface area contributed by atoms with Crippen molar-refractivity contribution in [2.75, 3.05) is 37.7 Å². The second kappa shape index (κ2) is 8.63. The second-order valence-electron chi connectivity index (χ2n) is 7.98. The van der Waals surface area contributed by atoms with Crippen LogP contribution in [-0.4, -0.2) is 52.1 Å². The minimum atomic E-state index is 0.461. The minimum Gasteiger partial charge on any atom is -0.378 e. The van der Waals surface area contributed by atoms with E-state index < -0.39 is 0 Å². The molecule has 8 heteroatoms. The van der Waals surface area contributed by atoms with Crippen molar-refractivity contribution in [1.29, 1.82) is 0 Å². The standard InChI is InChI=1S/C22H27N5OS2/c1-17-5-2-6-18(15-17)27-21(24-10-12-28-13-11-24)23-26(22(27)29)16-25-9-3-7-19(25)20-8-4-14-30-20/h2,4-6,8,14-15,19H,3,7,9-13,16H2,1H3/t19-/m1/s1. The predicted octanol–water partition coefficient (Wildman–Crippen LogP) is 4.40. The number of anilines is 1. The average Bonchev–Trinajstić information content (AvgIpc) is 3.50. The smallest absolute Gasteiger partial charge is 0.230 e. The highest BCUT2D eigenvalue weighted by Crippen LogP contribution is 2.35. The third-order valence-corrected chi connectivity index (χ3v) is 7.29. The Labute approximate surface area is 186 Å². The van der Waals surface area contributed by atoms with Crippen LogP contribution in [0.3, 0.4) is 0 Å². The van der Waals surface area contributed by atoms with Gasteiger partial charge in [0.15, 0.2) is 0 Å². The fraction of sp³-hybridized carbons (Fsp3) is 0.455. The van der Waals surface area contributed by atoms with Gasteiger partial charge in [-0.3, -0.25) is 9.47 Å². The van der Waals surface area contributed by atoms with Gasteiger partial charge >= 0.3 is 0 Å². The molecule has 0 amide bonds. The van der Waals surface area contributed by atoms with Crippen molar-refractivity contribution in [2.45, 2.75) is 32.5 Å². The lowest BCUT2D eigenvalue weighted by Crippen LogP contribution is -2.38. The Morgan fingerprint density at radius 1 is 1.17 bits per heavy atom. The molecule has 2 aliphatic rings. The molecule has 2 aromatic heterocycles. The summed E-state index contributed by atoms with van der Waals surface area (Å²) in [5, 5.41) is 7.19. The van der Waals surface area contributed by atoms with E-state index in [1.54, 1.807) is 0 Å². The Hall–Kier alpha value is -2.00.